The molecule has 6 aromatic carbocycles. The van der Waals surface area contributed by atoms with Crippen molar-refractivity contribution >= 4 is 43.7 Å². The molecule has 0 aliphatic rings. The predicted molar refractivity (Wildman–Crippen MR) is 164 cm³/mol. The van der Waals surface area contributed by atoms with Gasteiger partial charge < -0.3 is 8.98 Å². The van der Waals surface area contributed by atoms with Gasteiger partial charge in [-0.3, -0.25) is 0 Å². The highest BCUT2D eigenvalue weighted by atomic mass is 16.3. The molecule has 0 radical (unpaired) electrons. The van der Waals surface area contributed by atoms with E-state index in [9.17, 15) is 5.26 Å². The monoisotopic (exact) mass is 510 g/mol. The molecular formula is C37H22N2O. The molecule has 8 rings (SSSR count). The van der Waals surface area contributed by atoms with Crippen molar-refractivity contribution in [3.8, 4) is 34.0 Å². The number of nitrogens with zero attached hydrogens (tertiary/aromatic N) is 2. The Hall–Kier alpha value is -5.59. The Kier molecular flexibility index (Phi) is 4.89. The zero-order valence-corrected chi connectivity index (χ0v) is 21.5. The number of aromatic nitrogens is 1. The predicted octanol–water partition coefficient (Wildman–Crippen LogP) is 9.89. The van der Waals surface area contributed by atoms with Crippen LogP contribution >= 0.6 is 0 Å². The third-order valence-corrected chi connectivity index (χ3v) is 7.82. The maximum Gasteiger partial charge on any atom is 0.135 e. The summed E-state index contributed by atoms with van der Waals surface area (Å²) in [5, 5.41) is 14.6. The molecule has 2 heterocycles. The highest BCUT2D eigenvalue weighted by molar-refractivity contribution is 6.09. The summed E-state index contributed by atoms with van der Waals surface area (Å²) >= 11 is 0. The van der Waals surface area contributed by atoms with Crippen molar-refractivity contribution in [3.63, 3.8) is 0 Å². The second-order valence-corrected chi connectivity index (χ2v) is 10.1. The lowest BCUT2D eigenvalue weighted by atomic mass is 9.94. The van der Waals surface area contributed by atoms with Crippen LogP contribution in [0.15, 0.2) is 138 Å². The van der Waals surface area contributed by atoms with Crippen LogP contribution in [0.4, 0.5) is 0 Å². The average Bonchev–Trinajstić information content (AvgIpc) is 3.56. The number of benzene rings is 6. The minimum atomic E-state index is 0.657. The highest BCUT2D eigenvalue weighted by Gasteiger charge is 2.16. The Morgan fingerprint density at radius 3 is 1.90 bits per heavy atom. The van der Waals surface area contributed by atoms with E-state index < -0.39 is 0 Å². The van der Waals surface area contributed by atoms with E-state index >= 15 is 0 Å². The summed E-state index contributed by atoms with van der Waals surface area (Å²) in [6.45, 7) is 0. The molecule has 8 aromatic rings. The molecule has 0 saturated carbocycles. The smallest absolute Gasteiger partial charge is 0.135 e. The van der Waals surface area contributed by atoms with Gasteiger partial charge in [-0.2, -0.15) is 5.26 Å². The molecule has 40 heavy (non-hydrogen) atoms. The van der Waals surface area contributed by atoms with Crippen LogP contribution in [0, 0.1) is 11.3 Å². The Labute approximate surface area is 230 Å². The second kappa shape index (κ2) is 8.73. The lowest BCUT2D eigenvalue weighted by Crippen LogP contribution is -1.96. The summed E-state index contributed by atoms with van der Waals surface area (Å²) in [5.74, 6) is 0. The van der Waals surface area contributed by atoms with Crippen LogP contribution in [0.3, 0.4) is 0 Å². The van der Waals surface area contributed by atoms with Crippen LogP contribution < -0.4 is 0 Å². The van der Waals surface area contributed by atoms with Gasteiger partial charge in [0.25, 0.3) is 0 Å². The maximum absolute atomic E-state index is 9.93. The molecule has 0 N–H and O–H groups in total. The zero-order valence-electron chi connectivity index (χ0n) is 21.5. The van der Waals surface area contributed by atoms with Crippen molar-refractivity contribution in [1.82, 2.24) is 4.57 Å². The highest BCUT2D eigenvalue weighted by Crippen LogP contribution is 2.38. The summed E-state index contributed by atoms with van der Waals surface area (Å²) in [6, 6.07) is 48.5. The topological polar surface area (TPSA) is 41.9 Å². The van der Waals surface area contributed by atoms with Gasteiger partial charge in [0, 0.05) is 27.2 Å². The first-order valence-corrected chi connectivity index (χ1v) is 13.3. The number of hydrogen-bond acceptors (Lipinski definition) is 2. The van der Waals surface area contributed by atoms with Gasteiger partial charge in [-0.15, -0.1) is 0 Å². The summed E-state index contributed by atoms with van der Waals surface area (Å²) in [7, 11) is 0. The Bertz CT molecular complexity index is 2240. The number of fused-ring (bicyclic) bond motifs is 6. The van der Waals surface area contributed by atoms with Gasteiger partial charge in [0.2, 0.25) is 0 Å². The Morgan fingerprint density at radius 2 is 1.12 bits per heavy atom. The number of furan rings is 1. The van der Waals surface area contributed by atoms with E-state index in [-0.39, 0.29) is 0 Å². The maximum atomic E-state index is 9.93. The van der Waals surface area contributed by atoms with E-state index in [2.05, 4.69) is 102 Å². The van der Waals surface area contributed by atoms with Gasteiger partial charge >= 0.3 is 0 Å². The molecule has 3 heteroatoms. The molecule has 0 amide bonds. The number of rotatable bonds is 3. The van der Waals surface area contributed by atoms with Crippen LogP contribution in [0.1, 0.15) is 5.56 Å². The van der Waals surface area contributed by atoms with E-state index in [1.54, 1.807) is 0 Å². The number of para-hydroxylation sites is 3. The molecular weight excluding hydrogens is 488 g/mol. The van der Waals surface area contributed by atoms with Crippen molar-refractivity contribution in [1.29, 1.82) is 5.26 Å². The van der Waals surface area contributed by atoms with E-state index in [1.807, 2.05) is 42.5 Å². The van der Waals surface area contributed by atoms with Crippen LogP contribution in [0.2, 0.25) is 0 Å². The van der Waals surface area contributed by atoms with E-state index in [4.69, 9.17) is 4.42 Å². The van der Waals surface area contributed by atoms with Crippen LogP contribution in [0.5, 0.6) is 0 Å². The van der Waals surface area contributed by atoms with Gasteiger partial charge in [0.05, 0.1) is 22.7 Å². The lowest BCUT2D eigenvalue weighted by Gasteiger charge is -2.14. The Morgan fingerprint density at radius 1 is 0.500 bits per heavy atom. The van der Waals surface area contributed by atoms with Crippen molar-refractivity contribution in [3.05, 3.63) is 139 Å². The normalized spacial score (nSPS) is 11.5. The molecule has 0 aliphatic carbocycles. The summed E-state index contributed by atoms with van der Waals surface area (Å²) in [5.41, 5.74) is 9.86. The molecule has 0 atom stereocenters. The fourth-order valence-corrected chi connectivity index (χ4v) is 6.00. The summed E-state index contributed by atoms with van der Waals surface area (Å²) < 4.78 is 8.44. The van der Waals surface area contributed by atoms with E-state index in [0.29, 0.717) is 5.56 Å². The average molecular weight is 511 g/mol. The largest absolute Gasteiger partial charge is 0.456 e. The fraction of sp³-hybridized carbons (Fsp3) is 0. The molecule has 3 nitrogen and oxygen atoms in total. The van der Waals surface area contributed by atoms with Crippen LogP contribution in [0.25, 0.3) is 71.7 Å². The van der Waals surface area contributed by atoms with Crippen molar-refractivity contribution in [2.24, 2.45) is 0 Å². The fourth-order valence-electron chi connectivity index (χ4n) is 6.00. The van der Waals surface area contributed by atoms with Crippen LogP contribution in [-0.2, 0) is 0 Å². The van der Waals surface area contributed by atoms with E-state index in [0.717, 1.165) is 60.9 Å². The van der Waals surface area contributed by atoms with Crippen molar-refractivity contribution in [2.75, 3.05) is 0 Å². The van der Waals surface area contributed by atoms with Crippen molar-refractivity contribution in [2.45, 2.75) is 0 Å². The number of nitriles is 1. The molecule has 2 aromatic heterocycles. The zero-order chi connectivity index (χ0) is 26.6. The molecule has 0 fully saturated rings. The van der Waals surface area contributed by atoms with Gasteiger partial charge in [0.15, 0.2) is 0 Å². The third-order valence-electron chi connectivity index (χ3n) is 7.82. The standard InChI is InChI=1S/C37H22N2O/c38-23-25-9-1-2-10-29(25)27-19-26(24-17-18-37-33(22-24)32-13-5-8-16-36(32)40-37)20-28(21-27)39-34-14-6-3-11-30(34)31-12-4-7-15-35(31)39/h1-22H. The first-order chi connectivity index (χ1) is 19.8. The third kappa shape index (κ3) is 3.37. The van der Waals surface area contributed by atoms with Crippen LogP contribution in [-0.4, -0.2) is 4.57 Å². The minimum absolute atomic E-state index is 0.657. The summed E-state index contributed by atoms with van der Waals surface area (Å²) in [4.78, 5) is 0. The van der Waals surface area contributed by atoms with Gasteiger partial charge in [0.1, 0.15) is 11.2 Å². The van der Waals surface area contributed by atoms with Crippen molar-refractivity contribution < 1.29 is 4.42 Å². The Balaban J connectivity index is 1.44. The first kappa shape index (κ1) is 22.4. The second-order valence-electron chi connectivity index (χ2n) is 10.1. The molecule has 0 saturated heterocycles. The first-order valence-electron chi connectivity index (χ1n) is 13.3. The molecule has 0 aliphatic heterocycles. The molecule has 0 bridgehead atoms. The quantitative estimate of drug-likeness (QED) is 0.237. The SMILES string of the molecule is N#Cc1ccccc1-c1cc(-c2ccc3oc4ccccc4c3c2)cc(-n2c3ccccc3c3ccccc32)c1. The lowest BCUT2D eigenvalue weighted by molar-refractivity contribution is 0.669. The van der Waals surface area contributed by atoms with Gasteiger partial charge in [-0.1, -0.05) is 78.9 Å². The van der Waals surface area contributed by atoms with E-state index in [1.165, 1.54) is 10.8 Å². The van der Waals surface area contributed by atoms with Gasteiger partial charge in [-0.25, -0.2) is 0 Å². The molecule has 186 valence electrons. The number of hydrogen-bond donors (Lipinski definition) is 0. The molecule has 0 unspecified atom stereocenters. The summed E-state index contributed by atoms with van der Waals surface area (Å²) in [6.07, 6.45) is 0. The van der Waals surface area contributed by atoms with Gasteiger partial charge in [-0.05, 0) is 76.9 Å². The minimum Gasteiger partial charge on any atom is -0.456 e. The molecule has 0 spiro atoms.